The SMILES string of the molecule is Cc1cc(C)cc(N2C(=O)c3ccc4c5c(Br)cc6c7c(ccc(c8c(Br)cc(c3c48)C2=O)c75)C(=O)N(c2cc(C)cc(C)c2)C6=O)c1. The van der Waals surface area contributed by atoms with Crippen molar-refractivity contribution in [2.45, 2.75) is 27.7 Å². The number of carbonyl (C=O) groups is 4. The molecule has 0 N–H and O–H groups in total. The third-order valence-electron chi connectivity index (χ3n) is 9.67. The van der Waals surface area contributed by atoms with Crippen LogP contribution in [-0.2, 0) is 0 Å². The van der Waals surface area contributed by atoms with Gasteiger partial charge in [-0.2, -0.15) is 0 Å². The second-order valence-corrected chi connectivity index (χ2v) is 14.7. The average molecular weight is 756 g/mol. The van der Waals surface area contributed by atoms with Crippen LogP contribution in [-0.4, -0.2) is 23.6 Å². The van der Waals surface area contributed by atoms with Gasteiger partial charge < -0.3 is 0 Å². The first-order chi connectivity index (χ1) is 22.9. The van der Waals surface area contributed by atoms with E-state index in [0.29, 0.717) is 53.3 Å². The molecule has 0 aliphatic carbocycles. The lowest BCUT2D eigenvalue weighted by Gasteiger charge is -2.31. The Balaban J connectivity index is 1.35. The second kappa shape index (κ2) is 9.81. The lowest BCUT2D eigenvalue weighted by molar-refractivity contribution is 0.0877. The fraction of sp³-hybridized carbons (Fsp3) is 0.100. The predicted octanol–water partition coefficient (Wildman–Crippen LogP) is 10.1. The molecule has 0 unspecified atom stereocenters. The minimum atomic E-state index is -0.389. The summed E-state index contributed by atoms with van der Waals surface area (Å²) in [5.41, 5.74) is 6.63. The number of aryl methyl sites for hydroxylation is 4. The van der Waals surface area contributed by atoms with Crippen LogP contribution in [0.4, 0.5) is 11.4 Å². The molecule has 0 saturated heterocycles. The van der Waals surface area contributed by atoms with Crippen LogP contribution in [0.5, 0.6) is 0 Å². The minimum Gasteiger partial charge on any atom is -0.268 e. The fourth-order valence-corrected chi connectivity index (χ4v) is 9.28. The van der Waals surface area contributed by atoms with Crippen LogP contribution in [0, 0.1) is 27.7 Å². The highest BCUT2D eigenvalue weighted by Crippen LogP contribution is 2.51. The molecule has 2 aliphatic rings. The minimum absolute atomic E-state index is 0.380. The molecule has 8 heteroatoms. The summed E-state index contributed by atoms with van der Waals surface area (Å²) in [4.78, 5) is 59.3. The number of carbonyl (C=O) groups excluding carboxylic acids is 4. The Morgan fingerprint density at radius 1 is 0.396 bits per heavy atom. The summed E-state index contributed by atoms with van der Waals surface area (Å²) >= 11 is 7.60. The van der Waals surface area contributed by atoms with Crippen molar-refractivity contribution >= 4 is 110 Å². The molecular formula is C40H24Br2N2O4. The van der Waals surface area contributed by atoms with Gasteiger partial charge in [-0.1, -0.05) is 56.1 Å². The van der Waals surface area contributed by atoms with Crippen LogP contribution in [0.3, 0.4) is 0 Å². The van der Waals surface area contributed by atoms with Gasteiger partial charge >= 0.3 is 0 Å². The van der Waals surface area contributed by atoms with Gasteiger partial charge in [-0.3, -0.25) is 19.2 Å². The standard InChI is InChI=1S/C40H24Br2N2O4/c1-17-9-18(2)12-21(11-17)43-37(45)25-7-5-23-34-30(42)16-28-32-26(38(46)44(40(28)48)22-13-19(3)10-20(4)14-22)8-6-24(36(32)34)33-29(41)15-27(39(43)47)31(25)35(23)33/h5-16H,1-4H3. The first kappa shape index (κ1) is 29.2. The van der Waals surface area contributed by atoms with Gasteiger partial charge in [0.05, 0.1) is 22.5 Å². The van der Waals surface area contributed by atoms with Gasteiger partial charge in [0.1, 0.15) is 0 Å². The largest absolute Gasteiger partial charge is 0.268 e. The van der Waals surface area contributed by atoms with Crippen molar-refractivity contribution in [1.82, 2.24) is 0 Å². The van der Waals surface area contributed by atoms with E-state index in [9.17, 15) is 19.2 Å². The molecule has 0 aromatic heterocycles. The van der Waals surface area contributed by atoms with E-state index in [1.807, 2.05) is 76.2 Å². The Kier molecular flexibility index (Phi) is 5.98. The number of rotatable bonds is 2. The molecule has 2 aliphatic heterocycles. The normalized spacial score (nSPS) is 14.5. The summed E-state index contributed by atoms with van der Waals surface area (Å²) in [5.74, 6) is -1.54. The molecule has 0 saturated carbocycles. The average Bonchev–Trinajstić information content (AvgIpc) is 3.02. The number of imide groups is 2. The Bertz CT molecular complexity index is 2500. The highest BCUT2D eigenvalue weighted by atomic mass is 79.9. The highest BCUT2D eigenvalue weighted by Gasteiger charge is 2.39. The quantitative estimate of drug-likeness (QED) is 0.100. The summed E-state index contributed by atoms with van der Waals surface area (Å²) < 4.78 is 1.36. The lowest BCUT2D eigenvalue weighted by Crippen LogP contribution is -2.40. The van der Waals surface area contributed by atoms with E-state index in [4.69, 9.17) is 0 Å². The second-order valence-electron chi connectivity index (χ2n) is 13.0. The zero-order valence-corrected chi connectivity index (χ0v) is 29.4. The van der Waals surface area contributed by atoms with E-state index >= 15 is 0 Å². The Morgan fingerprint density at radius 2 is 0.729 bits per heavy atom. The maximum atomic E-state index is 14.2. The van der Waals surface area contributed by atoms with Gasteiger partial charge in [0.15, 0.2) is 0 Å². The Labute approximate surface area is 291 Å². The van der Waals surface area contributed by atoms with E-state index in [0.717, 1.165) is 54.6 Å². The van der Waals surface area contributed by atoms with Crippen molar-refractivity contribution in [2.24, 2.45) is 0 Å². The number of fused-ring (bicyclic) bond motifs is 2. The summed E-state index contributed by atoms with van der Waals surface area (Å²) in [6.45, 7) is 7.77. The fourth-order valence-electron chi connectivity index (χ4n) is 8.00. The summed E-state index contributed by atoms with van der Waals surface area (Å²) in [6.07, 6.45) is 0. The summed E-state index contributed by atoms with van der Waals surface area (Å²) in [7, 11) is 0. The third-order valence-corrected chi connectivity index (χ3v) is 10.9. The van der Waals surface area contributed by atoms with Gasteiger partial charge in [-0.15, -0.1) is 0 Å². The highest BCUT2D eigenvalue weighted by molar-refractivity contribution is 9.11. The van der Waals surface area contributed by atoms with Crippen LogP contribution >= 0.6 is 31.9 Å². The van der Waals surface area contributed by atoms with Crippen LogP contribution in [0.15, 0.2) is 81.7 Å². The number of benzene rings is 7. The predicted molar refractivity (Wildman–Crippen MR) is 197 cm³/mol. The van der Waals surface area contributed by atoms with Crippen molar-refractivity contribution < 1.29 is 19.2 Å². The molecule has 7 aromatic carbocycles. The number of hydrogen-bond donors (Lipinski definition) is 0. The van der Waals surface area contributed by atoms with E-state index in [1.54, 1.807) is 24.3 Å². The van der Waals surface area contributed by atoms with E-state index < -0.39 is 0 Å². The van der Waals surface area contributed by atoms with E-state index in [1.165, 1.54) is 9.80 Å². The Morgan fingerprint density at radius 3 is 1.08 bits per heavy atom. The van der Waals surface area contributed by atoms with E-state index in [2.05, 4.69) is 31.9 Å². The molecule has 9 rings (SSSR count). The first-order valence-electron chi connectivity index (χ1n) is 15.5. The maximum absolute atomic E-state index is 14.2. The monoisotopic (exact) mass is 754 g/mol. The van der Waals surface area contributed by atoms with Crippen molar-refractivity contribution in [2.75, 3.05) is 9.80 Å². The molecule has 48 heavy (non-hydrogen) atoms. The topological polar surface area (TPSA) is 74.8 Å². The number of amides is 4. The third kappa shape index (κ3) is 3.73. The number of halogens is 2. The molecule has 4 amide bonds. The molecule has 232 valence electrons. The zero-order valence-electron chi connectivity index (χ0n) is 26.2. The van der Waals surface area contributed by atoms with Gasteiger partial charge in [0.2, 0.25) is 0 Å². The molecule has 0 radical (unpaired) electrons. The van der Waals surface area contributed by atoms with Gasteiger partial charge in [-0.25, -0.2) is 9.80 Å². The molecule has 0 fully saturated rings. The van der Waals surface area contributed by atoms with Crippen LogP contribution in [0.1, 0.15) is 63.7 Å². The number of anilines is 2. The summed E-state index contributed by atoms with van der Waals surface area (Å²) in [5, 5.41) is 6.00. The van der Waals surface area contributed by atoms with Crippen molar-refractivity contribution in [1.29, 1.82) is 0 Å². The number of hydrogen-bond acceptors (Lipinski definition) is 4. The molecule has 7 aromatic rings. The lowest BCUT2D eigenvalue weighted by atomic mass is 9.82. The van der Waals surface area contributed by atoms with Gasteiger partial charge in [-0.05, 0) is 109 Å². The van der Waals surface area contributed by atoms with Crippen molar-refractivity contribution in [3.05, 3.63) is 126 Å². The summed E-state index contributed by atoms with van der Waals surface area (Å²) in [6, 6.07) is 22.4. The van der Waals surface area contributed by atoms with Crippen molar-refractivity contribution in [3.63, 3.8) is 0 Å². The molecule has 0 bridgehead atoms. The van der Waals surface area contributed by atoms with Crippen LogP contribution in [0.2, 0.25) is 0 Å². The number of nitrogens with zero attached hydrogens (tertiary/aromatic N) is 2. The Hall–Kier alpha value is -4.92. The zero-order chi connectivity index (χ0) is 33.5. The van der Waals surface area contributed by atoms with Crippen molar-refractivity contribution in [3.8, 4) is 0 Å². The molecule has 0 atom stereocenters. The molecule has 0 spiro atoms. The molecular weight excluding hydrogens is 732 g/mol. The van der Waals surface area contributed by atoms with Crippen LogP contribution < -0.4 is 9.80 Å². The molecule has 6 nitrogen and oxygen atoms in total. The van der Waals surface area contributed by atoms with Crippen LogP contribution in [0.25, 0.3) is 43.1 Å². The smallest absolute Gasteiger partial charge is 0.266 e. The van der Waals surface area contributed by atoms with Gasteiger partial charge in [0, 0.05) is 52.4 Å². The molecule has 2 heterocycles. The van der Waals surface area contributed by atoms with E-state index in [-0.39, 0.29) is 23.6 Å². The van der Waals surface area contributed by atoms with Gasteiger partial charge in [0.25, 0.3) is 23.6 Å². The maximum Gasteiger partial charge on any atom is 0.266 e. The first-order valence-corrected chi connectivity index (χ1v) is 17.1.